The Bertz CT molecular complexity index is 1420. The number of nitrogens with one attached hydrogen (secondary N) is 1. The van der Waals surface area contributed by atoms with Crippen LogP contribution in [0.2, 0.25) is 0 Å². The van der Waals surface area contributed by atoms with Crippen LogP contribution in [0.25, 0.3) is 11.0 Å². The summed E-state index contributed by atoms with van der Waals surface area (Å²) in [5, 5.41) is 7.49. The topological polar surface area (TPSA) is 96.0 Å². The van der Waals surface area contributed by atoms with Crippen molar-refractivity contribution in [2.24, 2.45) is 0 Å². The van der Waals surface area contributed by atoms with Gasteiger partial charge in [0.05, 0.1) is 16.0 Å². The Labute approximate surface area is 198 Å². The minimum atomic E-state index is -3.62. The second-order valence-corrected chi connectivity index (χ2v) is 10.6. The van der Waals surface area contributed by atoms with Gasteiger partial charge in [-0.05, 0) is 67.6 Å². The quantitative estimate of drug-likeness (QED) is 0.394. The van der Waals surface area contributed by atoms with Crippen LogP contribution in [-0.2, 0) is 16.3 Å². The molecule has 0 amide bonds. The number of pyridine rings is 1. The van der Waals surface area contributed by atoms with Gasteiger partial charge in [0.2, 0.25) is 9.84 Å². The minimum absolute atomic E-state index is 0.0122. The molecular weight excluding hydrogens is 448 g/mol. The van der Waals surface area contributed by atoms with Crippen LogP contribution in [0.15, 0.2) is 76.8 Å². The maximum Gasteiger partial charge on any atom is 0.206 e. The smallest absolute Gasteiger partial charge is 0.206 e. The Morgan fingerprint density at radius 3 is 2.53 bits per heavy atom. The SMILES string of the molecule is O=C(CCc1ccc(S(=O)(=O)c2cccc(N3CCCCC3)c2)cc1)c1cnc2[nH]ncc2c1. The molecular formula is C26H26N4O3S. The number of nitrogens with zero attached hydrogens (tertiary/aromatic N) is 3. The Morgan fingerprint density at radius 1 is 0.941 bits per heavy atom. The Hall–Kier alpha value is -3.52. The molecule has 1 saturated heterocycles. The van der Waals surface area contributed by atoms with E-state index in [1.54, 1.807) is 54.9 Å². The molecule has 2 aromatic heterocycles. The molecule has 0 radical (unpaired) electrons. The van der Waals surface area contributed by atoms with E-state index in [1.165, 1.54) is 6.42 Å². The number of anilines is 1. The molecule has 174 valence electrons. The number of ketones is 1. The van der Waals surface area contributed by atoms with Gasteiger partial charge in [-0.1, -0.05) is 18.2 Å². The van der Waals surface area contributed by atoms with Crippen LogP contribution in [0.3, 0.4) is 0 Å². The average molecular weight is 475 g/mol. The van der Waals surface area contributed by atoms with Crippen molar-refractivity contribution in [3.05, 3.63) is 78.1 Å². The van der Waals surface area contributed by atoms with Crippen LogP contribution in [0.5, 0.6) is 0 Å². The Morgan fingerprint density at radius 2 is 1.74 bits per heavy atom. The first-order chi connectivity index (χ1) is 16.5. The third-order valence-electron chi connectivity index (χ3n) is 6.34. The Balaban J connectivity index is 1.27. The number of carbonyl (C=O) groups excluding carboxylic acids is 1. The van der Waals surface area contributed by atoms with Gasteiger partial charge in [-0.25, -0.2) is 13.4 Å². The van der Waals surface area contributed by atoms with Crippen LogP contribution in [0.4, 0.5) is 5.69 Å². The molecule has 1 N–H and O–H groups in total. The van der Waals surface area contributed by atoms with E-state index in [0.29, 0.717) is 28.9 Å². The van der Waals surface area contributed by atoms with E-state index in [2.05, 4.69) is 20.1 Å². The van der Waals surface area contributed by atoms with Crippen molar-refractivity contribution in [1.82, 2.24) is 15.2 Å². The first-order valence-corrected chi connectivity index (χ1v) is 13.0. The largest absolute Gasteiger partial charge is 0.372 e. The first-order valence-electron chi connectivity index (χ1n) is 11.5. The standard InChI is InChI=1S/C26H26N4O3S/c31-25(20-15-21-18-28-29-26(21)27-17-20)12-9-19-7-10-23(11-8-19)34(32,33)24-6-4-5-22(16-24)30-13-2-1-3-14-30/h4-8,10-11,15-18H,1-3,9,12-14H2,(H,27,28,29). The molecule has 0 bridgehead atoms. The van der Waals surface area contributed by atoms with E-state index in [0.717, 1.165) is 42.6 Å². The molecule has 5 rings (SSSR count). The second-order valence-electron chi connectivity index (χ2n) is 8.65. The maximum absolute atomic E-state index is 13.2. The fraction of sp³-hybridized carbons (Fsp3) is 0.269. The number of piperidine rings is 1. The predicted molar refractivity (Wildman–Crippen MR) is 131 cm³/mol. The lowest BCUT2D eigenvalue weighted by Crippen LogP contribution is -2.29. The van der Waals surface area contributed by atoms with Gasteiger partial charge in [-0.15, -0.1) is 0 Å². The van der Waals surface area contributed by atoms with Gasteiger partial charge in [0, 0.05) is 42.3 Å². The number of hydrogen-bond acceptors (Lipinski definition) is 6. The number of Topliss-reactive ketones (excluding diaryl/α,β-unsaturated/α-hetero) is 1. The van der Waals surface area contributed by atoms with E-state index < -0.39 is 9.84 Å². The van der Waals surface area contributed by atoms with Crippen molar-refractivity contribution >= 4 is 32.3 Å². The monoisotopic (exact) mass is 474 g/mol. The zero-order valence-electron chi connectivity index (χ0n) is 18.8. The van der Waals surface area contributed by atoms with E-state index >= 15 is 0 Å². The van der Waals surface area contributed by atoms with Gasteiger partial charge in [0.15, 0.2) is 11.4 Å². The zero-order chi connectivity index (χ0) is 23.5. The number of benzene rings is 2. The molecule has 1 fully saturated rings. The fourth-order valence-electron chi connectivity index (χ4n) is 4.36. The highest BCUT2D eigenvalue weighted by molar-refractivity contribution is 7.91. The number of H-pyrrole nitrogens is 1. The van der Waals surface area contributed by atoms with E-state index in [-0.39, 0.29) is 10.7 Å². The predicted octanol–water partition coefficient (Wildman–Crippen LogP) is 4.60. The highest BCUT2D eigenvalue weighted by Crippen LogP contribution is 2.27. The number of sulfone groups is 1. The van der Waals surface area contributed by atoms with Gasteiger partial charge in [0.1, 0.15) is 0 Å². The molecule has 0 aliphatic carbocycles. The molecule has 0 saturated carbocycles. The van der Waals surface area contributed by atoms with Crippen LogP contribution < -0.4 is 4.90 Å². The van der Waals surface area contributed by atoms with Crippen LogP contribution >= 0.6 is 0 Å². The molecule has 0 spiro atoms. The summed E-state index contributed by atoms with van der Waals surface area (Å²) in [6.07, 6.45) is 7.52. The molecule has 7 nitrogen and oxygen atoms in total. The van der Waals surface area contributed by atoms with Gasteiger partial charge in [-0.2, -0.15) is 5.10 Å². The molecule has 8 heteroatoms. The number of aromatic nitrogens is 3. The molecule has 0 unspecified atom stereocenters. The van der Waals surface area contributed by atoms with Crippen molar-refractivity contribution in [3.8, 4) is 0 Å². The second kappa shape index (κ2) is 9.38. The number of aromatic amines is 1. The number of rotatable bonds is 7. The van der Waals surface area contributed by atoms with Crippen LogP contribution in [-0.4, -0.2) is 42.5 Å². The van der Waals surface area contributed by atoms with Crippen molar-refractivity contribution in [1.29, 1.82) is 0 Å². The van der Waals surface area contributed by atoms with Crippen molar-refractivity contribution < 1.29 is 13.2 Å². The normalized spacial score (nSPS) is 14.4. The van der Waals surface area contributed by atoms with Gasteiger partial charge in [0.25, 0.3) is 0 Å². The van der Waals surface area contributed by atoms with Crippen molar-refractivity contribution in [2.45, 2.75) is 41.9 Å². The van der Waals surface area contributed by atoms with Crippen molar-refractivity contribution in [2.75, 3.05) is 18.0 Å². The highest BCUT2D eigenvalue weighted by atomic mass is 32.2. The maximum atomic E-state index is 13.2. The summed E-state index contributed by atoms with van der Waals surface area (Å²) in [6, 6.07) is 15.8. The lowest BCUT2D eigenvalue weighted by atomic mass is 10.0. The first kappa shape index (κ1) is 22.3. The summed E-state index contributed by atoms with van der Waals surface area (Å²) in [4.78, 5) is 19.6. The summed E-state index contributed by atoms with van der Waals surface area (Å²) >= 11 is 0. The number of carbonyl (C=O) groups is 1. The van der Waals surface area contributed by atoms with Gasteiger partial charge < -0.3 is 4.90 Å². The van der Waals surface area contributed by atoms with E-state index in [1.807, 2.05) is 12.1 Å². The number of fused-ring (bicyclic) bond motifs is 1. The number of hydrogen-bond donors (Lipinski definition) is 1. The Kier molecular flexibility index (Phi) is 6.15. The van der Waals surface area contributed by atoms with Crippen molar-refractivity contribution in [3.63, 3.8) is 0 Å². The number of aryl methyl sites for hydroxylation is 1. The van der Waals surface area contributed by atoms with E-state index in [9.17, 15) is 13.2 Å². The zero-order valence-corrected chi connectivity index (χ0v) is 19.6. The van der Waals surface area contributed by atoms with Crippen LogP contribution in [0, 0.1) is 0 Å². The summed E-state index contributed by atoms with van der Waals surface area (Å²) in [6.45, 7) is 1.92. The lowest BCUT2D eigenvalue weighted by molar-refractivity contribution is 0.0982. The minimum Gasteiger partial charge on any atom is -0.372 e. The molecule has 3 heterocycles. The molecule has 2 aromatic carbocycles. The summed E-state index contributed by atoms with van der Waals surface area (Å²) in [7, 11) is -3.62. The lowest BCUT2D eigenvalue weighted by Gasteiger charge is -2.29. The van der Waals surface area contributed by atoms with Gasteiger partial charge >= 0.3 is 0 Å². The summed E-state index contributed by atoms with van der Waals surface area (Å²) < 4.78 is 26.5. The molecule has 0 atom stereocenters. The molecule has 4 aromatic rings. The third-order valence-corrected chi connectivity index (χ3v) is 8.10. The molecule has 1 aliphatic heterocycles. The van der Waals surface area contributed by atoms with Gasteiger partial charge in [-0.3, -0.25) is 9.89 Å². The molecule has 1 aliphatic rings. The van der Waals surface area contributed by atoms with Crippen LogP contribution in [0.1, 0.15) is 41.6 Å². The third kappa shape index (κ3) is 4.59. The average Bonchev–Trinajstić information content (AvgIpc) is 3.36. The highest BCUT2D eigenvalue weighted by Gasteiger charge is 2.20. The summed E-state index contributed by atoms with van der Waals surface area (Å²) in [5.74, 6) is -0.0122. The molecule has 34 heavy (non-hydrogen) atoms. The summed E-state index contributed by atoms with van der Waals surface area (Å²) in [5.41, 5.74) is 3.06. The van der Waals surface area contributed by atoms with E-state index in [4.69, 9.17) is 0 Å². The fourth-order valence-corrected chi connectivity index (χ4v) is 5.66.